The van der Waals surface area contributed by atoms with E-state index in [1.165, 1.54) is 13.2 Å². The number of piperidine rings is 1. The summed E-state index contributed by atoms with van der Waals surface area (Å²) in [5.74, 6) is 0.0662. The number of methoxy groups -OCH3 is 1. The van der Waals surface area contributed by atoms with Crippen LogP contribution in [0.5, 0.6) is 0 Å². The van der Waals surface area contributed by atoms with Gasteiger partial charge in [0, 0.05) is 56.8 Å². The van der Waals surface area contributed by atoms with Crippen molar-refractivity contribution in [2.45, 2.75) is 31.8 Å². The van der Waals surface area contributed by atoms with E-state index in [1.807, 2.05) is 30.3 Å². The summed E-state index contributed by atoms with van der Waals surface area (Å²) in [6.45, 7) is 6.17. The SMILES string of the molecule is COC(=O)CC[C@H]1CN(Cc2ccccc2Cl)CC[C@H]1N1CCN(c2ccccc2F)CC1. The molecule has 2 saturated heterocycles. The summed E-state index contributed by atoms with van der Waals surface area (Å²) in [5.41, 5.74) is 1.83. The Kier molecular flexibility index (Phi) is 8.23. The third-order valence-electron chi connectivity index (χ3n) is 7.05. The lowest BCUT2D eigenvalue weighted by Gasteiger charge is -2.47. The normalized spacial score (nSPS) is 22.3. The van der Waals surface area contributed by atoms with Crippen LogP contribution in [0, 0.1) is 11.7 Å². The van der Waals surface area contributed by atoms with Crippen molar-refractivity contribution in [3.8, 4) is 0 Å². The molecule has 33 heavy (non-hydrogen) atoms. The maximum absolute atomic E-state index is 14.2. The first kappa shape index (κ1) is 24.0. The first-order chi connectivity index (χ1) is 16.0. The summed E-state index contributed by atoms with van der Waals surface area (Å²) in [5, 5.41) is 0.801. The minimum Gasteiger partial charge on any atom is -0.469 e. The average molecular weight is 474 g/mol. The molecule has 7 heteroatoms. The number of nitrogens with zero attached hydrogens (tertiary/aromatic N) is 3. The molecular weight excluding hydrogens is 441 g/mol. The number of rotatable bonds is 7. The van der Waals surface area contributed by atoms with Gasteiger partial charge >= 0.3 is 5.97 Å². The van der Waals surface area contributed by atoms with Gasteiger partial charge < -0.3 is 9.64 Å². The molecule has 0 saturated carbocycles. The summed E-state index contributed by atoms with van der Waals surface area (Å²) in [7, 11) is 1.45. The zero-order valence-electron chi connectivity index (χ0n) is 19.3. The van der Waals surface area contributed by atoms with E-state index in [2.05, 4.69) is 20.8 Å². The highest BCUT2D eigenvalue weighted by molar-refractivity contribution is 6.31. The van der Waals surface area contributed by atoms with Gasteiger partial charge in [-0.25, -0.2) is 4.39 Å². The van der Waals surface area contributed by atoms with Crippen LogP contribution >= 0.6 is 11.6 Å². The van der Waals surface area contributed by atoms with E-state index in [9.17, 15) is 9.18 Å². The highest BCUT2D eigenvalue weighted by atomic mass is 35.5. The number of halogens is 2. The van der Waals surface area contributed by atoms with E-state index < -0.39 is 0 Å². The van der Waals surface area contributed by atoms with Crippen molar-refractivity contribution in [3.05, 3.63) is 64.9 Å². The molecule has 2 heterocycles. The maximum Gasteiger partial charge on any atom is 0.305 e. The van der Waals surface area contributed by atoms with Crippen LogP contribution in [0.2, 0.25) is 5.02 Å². The van der Waals surface area contributed by atoms with E-state index in [1.54, 1.807) is 6.07 Å². The van der Waals surface area contributed by atoms with Gasteiger partial charge in [0.1, 0.15) is 5.82 Å². The Hall–Kier alpha value is -2.15. The van der Waals surface area contributed by atoms with Gasteiger partial charge in [0.2, 0.25) is 0 Å². The molecule has 0 spiro atoms. The molecule has 0 aliphatic carbocycles. The predicted molar refractivity (Wildman–Crippen MR) is 130 cm³/mol. The molecule has 178 valence electrons. The summed E-state index contributed by atoms with van der Waals surface area (Å²) in [4.78, 5) is 19.0. The number of carbonyl (C=O) groups excluding carboxylic acids is 1. The predicted octanol–water partition coefficient (Wildman–Crippen LogP) is 4.45. The van der Waals surface area contributed by atoms with Crippen LogP contribution in [-0.4, -0.2) is 68.2 Å². The molecule has 0 radical (unpaired) electrons. The fourth-order valence-corrected chi connectivity index (χ4v) is 5.47. The highest BCUT2D eigenvalue weighted by Crippen LogP contribution is 2.30. The molecule has 2 fully saturated rings. The molecule has 0 amide bonds. The molecule has 0 aromatic heterocycles. The second-order valence-corrected chi connectivity index (χ2v) is 9.44. The smallest absolute Gasteiger partial charge is 0.305 e. The number of ether oxygens (including phenoxy) is 1. The van der Waals surface area contributed by atoms with E-state index in [4.69, 9.17) is 16.3 Å². The fourth-order valence-electron chi connectivity index (χ4n) is 5.28. The summed E-state index contributed by atoms with van der Waals surface area (Å²) in [6.07, 6.45) is 2.30. The van der Waals surface area contributed by atoms with Crippen molar-refractivity contribution in [3.63, 3.8) is 0 Å². The quantitative estimate of drug-likeness (QED) is 0.555. The Balaban J connectivity index is 1.40. The molecule has 4 rings (SSSR count). The van der Waals surface area contributed by atoms with Crippen molar-refractivity contribution >= 4 is 23.3 Å². The zero-order valence-corrected chi connectivity index (χ0v) is 20.0. The largest absolute Gasteiger partial charge is 0.469 e. The lowest BCUT2D eigenvalue weighted by Crippen LogP contribution is -2.56. The topological polar surface area (TPSA) is 36.0 Å². The summed E-state index contributed by atoms with van der Waals surface area (Å²) >= 11 is 6.40. The number of esters is 1. The Bertz CT molecular complexity index is 935. The number of likely N-dealkylation sites (tertiary alicyclic amines) is 1. The molecule has 2 aliphatic rings. The van der Waals surface area contributed by atoms with Crippen LogP contribution in [0.3, 0.4) is 0 Å². The Morgan fingerprint density at radius 3 is 2.52 bits per heavy atom. The minimum absolute atomic E-state index is 0.152. The highest BCUT2D eigenvalue weighted by Gasteiger charge is 2.35. The third kappa shape index (κ3) is 6.05. The van der Waals surface area contributed by atoms with Crippen molar-refractivity contribution in [1.82, 2.24) is 9.80 Å². The van der Waals surface area contributed by atoms with Crippen LogP contribution in [0.4, 0.5) is 10.1 Å². The third-order valence-corrected chi connectivity index (χ3v) is 7.42. The zero-order chi connectivity index (χ0) is 23.2. The second kappa shape index (κ2) is 11.3. The van der Waals surface area contributed by atoms with Crippen LogP contribution in [-0.2, 0) is 16.1 Å². The van der Waals surface area contributed by atoms with Gasteiger partial charge in [0.05, 0.1) is 12.8 Å². The number of piperazine rings is 1. The van der Waals surface area contributed by atoms with E-state index in [0.717, 1.165) is 69.2 Å². The minimum atomic E-state index is -0.158. The second-order valence-electron chi connectivity index (χ2n) is 9.03. The molecule has 2 atom stereocenters. The standard InChI is InChI=1S/C26H33ClFN3O2/c1-33-26(32)11-10-21-19-29(18-20-6-2-3-7-22(20)27)13-12-24(21)30-14-16-31(17-15-30)25-9-5-4-8-23(25)28/h2-9,21,24H,10-19H2,1H3/t21-,24+/m0/s1. The average Bonchev–Trinajstić information content (AvgIpc) is 2.84. The molecule has 0 N–H and O–H groups in total. The molecule has 2 aromatic carbocycles. The van der Waals surface area contributed by atoms with Crippen LogP contribution in [0.25, 0.3) is 0 Å². The van der Waals surface area contributed by atoms with Crippen molar-refractivity contribution < 1.29 is 13.9 Å². The van der Waals surface area contributed by atoms with Crippen molar-refractivity contribution in [2.75, 3.05) is 51.3 Å². The number of benzene rings is 2. The summed E-state index contributed by atoms with van der Waals surface area (Å²) < 4.78 is 19.1. The van der Waals surface area contributed by atoms with Gasteiger partial charge in [-0.1, -0.05) is 41.9 Å². The van der Waals surface area contributed by atoms with E-state index in [0.29, 0.717) is 24.1 Å². The Morgan fingerprint density at radius 2 is 1.79 bits per heavy atom. The van der Waals surface area contributed by atoms with Gasteiger partial charge in [-0.15, -0.1) is 0 Å². The molecule has 0 unspecified atom stereocenters. The number of hydrogen-bond donors (Lipinski definition) is 0. The fraction of sp³-hybridized carbons (Fsp3) is 0.500. The lowest BCUT2D eigenvalue weighted by atomic mass is 9.86. The van der Waals surface area contributed by atoms with Gasteiger partial charge in [0.15, 0.2) is 0 Å². The van der Waals surface area contributed by atoms with Gasteiger partial charge in [0.25, 0.3) is 0 Å². The van der Waals surface area contributed by atoms with Crippen LogP contribution in [0.1, 0.15) is 24.8 Å². The molecule has 5 nitrogen and oxygen atoms in total. The monoisotopic (exact) mass is 473 g/mol. The molecule has 2 aliphatic heterocycles. The molecule has 0 bridgehead atoms. The maximum atomic E-state index is 14.2. The van der Waals surface area contributed by atoms with Crippen LogP contribution < -0.4 is 4.90 Å². The van der Waals surface area contributed by atoms with Crippen molar-refractivity contribution in [2.24, 2.45) is 5.92 Å². The van der Waals surface area contributed by atoms with E-state index in [-0.39, 0.29) is 11.8 Å². The number of para-hydroxylation sites is 1. The van der Waals surface area contributed by atoms with Crippen molar-refractivity contribution in [1.29, 1.82) is 0 Å². The van der Waals surface area contributed by atoms with Gasteiger partial charge in [-0.05, 0) is 49.1 Å². The number of anilines is 1. The first-order valence-corrected chi connectivity index (χ1v) is 12.2. The molecule has 2 aromatic rings. The first-order valence-electron chi connectivity index (χ1n) is 11.8. The molecular formula is C26H33ClFN3O2. The lowest BCUT2D eigenvalue weighted by molar-refractivity contribution is -0.141. The number of hydrogen-bond acceptors (Lipinski definition) is 5. The van der Waals surface area contributed by atoms with Crippen LogP contribution in [0.15, 0.2) is 48.5 Å². The summed E-state index contributed by atoms with van der Waals surface area (Å²) in [6, 6.07) is 15.4. The Labute approximate surface area is 201 Å². The number of carbonyl (C=O) groups is 1. The van der Waals surface area contributed by atoms with Gasteiger partial charge in [-0.2, -0.15) is 0 Å². The van der Waals surface area contributed by atoms with E-state index >= 15 is 0 Å². The van der Waals surface area contributed by atoms with Gasteiger partial charge in [-0.3, -0.25) is 14.6 Å². The Morgan fingerprint density at radius 1 is 1.06 bits per heavy atom.